The van der Waals surface area contributed by atoms with Crippen molar-refractivity contribution in [1.29, 1.82) is 0 Å². The molecule has 0 saturated heterocycles. The third-order valence-corrected chi connectivity index (χ3v) is 4.50. The second-order valence-electron chi connectivity index (χ2n) is 6.46. The Labute approximate surface area is 164 Å². The second kappa shape index (κ2) is 9.06. The van der Waals surface area contributed by atoms with Crippen LogP contribution in [0.25, 0.3) is 0 Å². The average molecular weight is 377 g/mol. The molecule has 5 heteroatoms. The van der Waals surface area contributed by atoms with Crippen molar-refractivity contribution in [3.05, 3.63) is 90.5 Å². The van der Waals surface area contributed by atoms with E-state index in [4.69, 9.17) is 9.47 Å². The molecule has 1 N–H and O–H groups in total. The highest BCUT2D eigenvalue weighted by Crippen LogP contribution is 2.25. The molecule has 0 saturated carbocycles. The molecule has 0 heterocycles. The fourth-order valence-corrected chi connectivity index (χ4v) is 2.68. The van der Waals surface area contributed by atoms with Gasteiger partial charge in [-0.25, -0.2) is 4.79 Å². The summed E-state index contributed by atoms with van der Waals surface area (Å²) in [6, 6.07) is 25.0. The molecule has 3 rings (SSSR count). The van der Waals surface area contributed by atoms with Crippen molar-refractivity contribution in [2.75, 3.05) is 7.05 Å². The molecule has 2 atom stereocenters. The minimum Gasteiger partial charge on any atom is -0.457 e. The van der Waals surface area contributed by atoms with Crippen LogP contribution >= 0.6 is 0 Å². The number of nitrogens with zero attached hydrogens (tertiary/aromatic N) is 1. The van der Waals surface area contributed by atoms with Crippen molar-refractivity contribution in [2.45, 2.75) is 19.1 Å². The first-order valence-electron chi connectivity index (χ1n) is 9.05. The number of rotatable bonds is 6. The largest absolute Gasteiger partial charge is 0.457 e. The molecular formula is C23H23NO4. The van der Waals surface area contributed by atoms with E-state index in [0.29, 0.717) is 11.5 Å². The molecule has 0 unspecified atom stereocenters. The van der Waals surface area contributed by atoms with Gasteiger partial charge in [-0.2, -0.15) is 0 Å². The van der Waals surface area contributed by atoms with Gasteiger partial charge in [0.05, 0.1) is 12.1 Å². The molecule has 0 aromatic heterocycles. The number of aliphatic hydroxyl groups excluding tert-OH is 1. The minimum atomic E-state index is -0.805. The highest BCUT2D eigenvalue weighted by atomic mass is 16.6. The fraction of sp³-hybridized carbons (Fsp3) is 0.174. The summed E-state index contributed by atoms with van der Waals surface area (Å²) >= 11 is 0. The summed E-state index contributed by atoms with van der Waals surface area (Å²) < 4.78 is 11.1. The van der Waals surface area contributed by atoms with Crippen molar-refractivity contribution < 1.29 is 19.4 Å². The van der Waals surface area contributed by atoms with E-state index in [1.807, 2.05) is 60.7 Å². The van der Waals surface area contributed by atoms with E-state index in [9.17, 15) is 9.90 Å². The Balaban J connectivity index is 1.59. The summed E-state index contributed by atoms with van der Waals surface area (Å²) in [4.78, 5) is 13.8. The number of hydrogen-bond acceptors (Lipinski definition) is 4. The van der Waals surface area contributed by atoms with Gasteiger partial charge in [-0.05, 0) is 48.9 Å². The lowest BCUT2D eigenvalue weighted by Gasteiger charge is -2.28. The van der Waals surface area contributed by atoms with Gasteiger partial charge in [0.15, 0.2) is 0 Å². The van der Waals surface area contributed by atoms with Crippen LogP contribution in [0.4, 0.5) is 4.79 Å². The van der Waals surface area contributed by atoms with Crippen molar-refractivity contribution in [2.24, 2.45) is 0 Å². The van der Waals surface area contributed by atoms with E-state index >= 15 is 0 Å². The fourth-order valence-electron chi connectivity index (χ4n) is 2.68. The van der Waals surface area contributed by atoms with Crippen LogP contribution in [0.1, 0.15) is 18.6 Å². The van der Waals surface area contributed by atoms with Crippen LogP contribution in [0.2, 0.25) is 0 Å². The molecule has 0 fully saturated rings. The summed E-state index contributed by atoms with van der Waals surface area (Å²) in [7, 11) is 1.60. The van der Waals surface area contributed by atoms with E-state index in [0.717, 1.165) is 11.3 Å². The molecule has 0 spiro atoms. The predicted molar refractivity (Wildman–Crippen MR) is 108 cm³/mol. The van der Waals surface area contributed by atoms with Crippen LogP contribution in [0.15, 0.2) is 84.9 Å². The van der Waals surface area contributed by atoms with Crippen LogP contribution in [-0.4, -0.2) is 29.2 Å². The lowest BCUT2D eigenvalue weighted by Crippen LogP contribution is -2.40. The topological polar surface area (TPSA) is 59.0 Å². The van der Waals surface area contributed by atoms with Crippen LogP contribution in [-0.2, 0) is 0 Å². The maximum atomic E-state index is 12.4. The molecule has 5 nitrogen and oxygen atoms in total. The van der Waals surface area contributed by atoms with Crippen LogP contribution in [0, 0.1) is 0 Å². The zero-order valence-electron chi connectivity index (χ0n) is 15.9. The van der Waals surface area contributed by atoms with Gasteiger partial charge < -0.3 is 19.5 Å². The molecule has 3 aromatic rings. The third-order valence-electron chi connectivity index (χ3n) is 4.50. The standard InChI is InChI=1S/C23H23NO4/c1-17(22(25)18-9-5-3-6-10-18)24(2)23(26)28-21-15-13-20(14-16-21)27-19-11-7-4-8-12-19/h3-17,22,25H,1-2H3/t17-,22-/m1/s1. The van der Waals surface area contributed by atoms with Gasteiger partial charge in [-0.15, -0.1) is 0 Å². The molecule has 0 aliphatic rings. The Hall–Kier alpha value is -3.31. The van der Waals surface area contributed by atoms with Crippen LogP contribution in [0.3, 0.4) is 0 Å². The van der Waals surface area contributed by atoms with Gasteiger partial charge in [-0.3, -0.25) is 0 Å². The van der Waals surface area contributed by atoms with Gasteiger partial charge in [0.25, 0.3) is 0 Å². The quantitative estimate of drug-likeness (QED) is 0.654. The van der Waals surface area contributed by atoms with E-state index < -0.39 is 18.2 Å². The summed E-state index contributed by atoms with van der Waals surface area (Å²) in [6.45, 7) is 1.77. The number of carbonyl (C=O) groups excluding carboxylic acids is 1. The zero-order chi connectivity index (χ0) is 19.9. The van der Waals surface area contributed by atoms with Gasteiger partial charge >= 0.3 is 6.09 Å². The highest BCUT2D eigenvalue weighted by Gasteiger charge is 2.25. The van der Waals surface area contributed by atoms with Crippen molar-refractivity contribution >= 4 is 6.09 Å². The maximum Gasteiger partial charge on any atom is 0.415 e. The number of hydrogen-bond donors (Lipinski definition) is 1. The van der Waals surface area contributed by atoms with Gasteiger partial charge in [-0.1, -0.05) is 48.5 Å². The number of benzene rings is 3. The maximum absolute atomic E-state index is 12.4. The number of carbonyl (C=O) groups is 1. The Morgan fingerprint density at radius 2 is 1.32 bits per heavy atom. The molecule has 0 bridgehead atoms. The van der Waals surface area contributed by atoms with Crippen LogP contribution in [0.5, 0.6) is 17.2 Å². The molecule has 144 valence electrons. The van der Waals surface area contributed by atoms with Crippen molar-refractivity contribution in [3.8, 4) is 17.2 Å². The van der Waals surface area contributed by atoms with E-state index in [2.05, 4.69) is 0 Å². The Morgan fingerprint density at radius 1 is 0.821 bits per heavy atom. The Morgan fingerprint density at radius 3 is 1.93 bits per heavy atom. The number of amides is 1. The summed E-state index contributed by atoms with van der Waals surface area (Å²) in [5, 5.41) is 10.5. The van der Waals surface area contributed by atoms with Gasteiger partial charge in [0.2, 0.25) is 0 Å². The van der Waals surface area contributed by atoms with E-state index in [1.54, 1.807) is 38.2 Å². The average Bonchev–Trinajstić information content (AvgIpc) is 2.75. The van der Waals surface area contributed by atoms with Crippen molar-refractivity contribution in [3.63, 3.8) is 0 Å². The number of aliphatic hydroxyl groups is 1. The second-order valence-corrected chi connectivity index (χ2v) is 6.46. The van der Waals surface area contributed by atoms with E-state index in [1.165, 1.54) is 4.90 Å². The SMILES string of the molecule is C[C@H]([C@@H](O)c1ccccc1)N(C)C(=O)Oc1ccc(Oc2ccccc2)cc1. The van der Waals surface area contributed by atoms with E-state index in [-0.39, 0.29) is 0 Å². The first-order chi connectivity index (χ1) is 13.5. The monoisotopic (exact) mass is 377 g/mol. The smallest absolute Gasteiger partial charge is 0.415 e. The lowest BCUT2D eigenvalue weighted by atomic mass is 10.0. The number of para-hydroxylation sites is 1. The zero-order valence-corrected chi connectivity index (χ0v) is 15.9. The number of likely N-dealkylation sites (N-methyl/N-ethyl adjacent to an activating group) is 1. The van der Waals surface area contributed by atoms with Gasteiger partial charge in [0.1, 0.15) is 17.2 Å². The normalized spacial score (nSPS) is 12.7. The molecular weight excluding hydrogens is 354 g/mol. The molecule has 3 aromatic carbocycles. The summed E-state index contributed by atoms with van der Waals surface area (Å²) in [6.07, 6.45) is -1.35. The van der Waals surface area contributed by atoms with Gasteiger partial charge in [0, 0.05) is 7.05 Å². The summed E-state index contributed by atoms with van der Waals surface area (Å²) in [5.41, 5.74) is 0.747. The first-order valence-corrected chi connectivity index (χ1v) is 9.05. The third kappa shape index (κ3) is 4.90. The van der Waals surface area contributed by atoms with Crippen molar-refractivity contribution in [1.82, 2.24) is 4.90 Å². The molecule has 0 aliphatic heterocycles. The molecule has 0 radical (unpaired) electrons. The Kier molecular flexibility index (Phi) is 6.29. The number of ether oxygens (including phenoxy) is 2. The summed E-state index contributed by atoms with van der Waals surface area (Å²) in [5.74, 6) is 1.78. The predicted octanol–water partition coefficient (Wildman–Crippen LogP) is 5.03. The Bertz CT molecular complexity index is 881. The first kappa shape index (κ1) is 19.5. The molecule has 28 heavy (non-hydrogen) atoms. The highest BCUT2D eigenvalue weighted by molar-refractivity contribution is 5.70. The molecule has 0 aliphatic carbocycles. The lowest BCUT2D eigenvalue weighted by molar-refractivity contribution is 0.0707. The minimum absolute atomic E-state index is 0.402. The van der Waals surface area contributed by atoms with Crippen LogP contribution < -0.4 is 9.47 Å². The molecule has 1 amide bonds.